The summed E-state index contributed by atoms with van der Waals surface area (Å²) in [4.78, 5) is 23.4. The number of hydrogen-bond acceptors (Lipinski definition) is 4. The number of carboxylic acid groups (broad SMARTS) is 1. The Bertz CT molecular complexity index is 511. The van der Waals surface area contributed by atoms with Crippen molar-refractivity contribution in [1.29, 1.82) is 0 Å². The molecular weight excluding hydrogens is 290 g/mol. The molecule has 0 radical (unpaired) electrons. The highest BCUT2D eigenvalue weighted by atomic mass is 32.2. The van der Waals surface area contributed by atoms with Gasteiger partial charge in [-0.25, -0.2) is 4.79 Å². The maximum absolute atomic E-state index is 12.3. The largest absolute Gasteiger partial charge is 0.479 e. The molecule has 1 amide bonds. The van der Waals surface area contributed by atoms with Crippen LogP contribution in [0.25, 0.3) is 0 Å². The second kappa shape index (κ2) is 6.98. The minimum atomic E-state index is -1.15. The SMILES string of the molecule is CCSC(C(=O)Nc1cnn(C(C)(C)C(=O)O)c1)C(C)C. The highest BCUT2D eigenvalue weighted by Crippen LogP contribution is 2.22. The van der Waals surface area contributed by atoms with Crippen LogP contribution in [0.2, 0.25) is 0 Å². The molecule has 0 aliphatic heterocycles. The van der Waals surface area contributed by atoms with E-state index in [0.717, 1.165) is 5.75 Å². The molecule has 2 N–H and O–H groups in total. The highest BCUT2D eigenvalue weighted by Gasteiger charge is 2.30. The average Bonchev–Trinajstić information content (AvgIpc) is 2.84. The molecule has 0 fully saturated rings. The molecule has 1 aromatic heterocycles. The lowest BCUT2D eigenvalue weighted by atomic mass is 10.1. The van der Waals surface area contributed by atoms with E-state index in [1.54, 1.807) is 31.8 Å². The van der Waals surface area contributed by atoms with Crippen LogP contribution >= 0.6 is 11.8 Å². The number of thioether (sulfide) groups is 1. The second-order valence-corrected chi connectivity index (χ2v) is 7.07. The Balaban J connectivity index is 2.83. The Morgan fingerprint density at radius 3 is 2.57 bits per heavy atom. The molecule has 0 saturated heterocycles. The van der Waals surface area contributed by atoms with Gasteiger partial charge in [-0.2, -0.15) is 5.10 Å². The van der Waals surface area contributed by atoms with Crippen LogP contribution in [-0.4, -0.2) is 37.8 Å². The van der Waals surface area contributed by atoms with Crippen molar-refractivity contribution in [1.82, 2.24) is 9.78 Å². The molecular formula is C14H23N3O3S. The van der Waals surface area contributed by atoms with Crippen molar-refractivity contribution in [3.63, 3.8) is 0 Å². The van der Waals surface area contributed by atoms with E-state index in [2.05, 4.69) is 10.4 Å². The Morgan fingerprint density at radius 1 is 1.48 bits per heavy atom. The molecule has 21 heavy (non-hydrogen) atoms. The van der Waals surface area contributed by atoms with Gasteiger partial charge in [0.15, 0.2) is 5.54 Å². The molecule has 0 spiro atoms. The molecule has 0 saturated carbocycles. The van der Waals surface area contributed by atoms with Gasteiger partial charge >= 0.3 is 5.97 Å². The number of nitrogens with one attached hydrogen (secondary N) is 1. The molecule has 0 aliphatic rings. The minimum absolute atomic E-state index is 0.0791. The minimum Gasteiger partial charge on any atom is -0.479 e. The fourth-order valence-corrected chi connectivity index (χ4v) is 2.71. The average molecular weight is 313 g/mol. The highest BCUT2D eigenvalue weighted by molar-refractivity contribution is 8.00. The van der Waals surface area contributed by atoms with Crippen LogP contribution in [0.5, 0.6) is 0 Å². The Hall–Kier alpha value is -1.50. The molecule has 118 valence electrons. The number of carbonyl (C=O) groups excluding carboxylic acids is 1. The van der Waals surface area contributed by atoms with Crippen LogP contribution in [0, 0.1) is 5.92 Å². The van der Waals surface area contributed by atoms with Gasteiger partial charge in [-0.15, -0.1) is 11.8 Å². The van der Waals surface area contributed by atoms with Crippen LogP contribution in [0.3, 0.4) is 0 Å². The maximum atomic E-state index is 12.3. The molecule has 1 aromatic rings. The van der Waals surface area contributed by atoms with E-state index in [1.807, 2.05) is 20.8 Å². The molecule has 1 rings (SSSR count). The van der Waals surface area contributed by atoms with E-state index in [1.165, 1.54) is 10.9 Å². The summed E-state index contributed by atoms with van der Waals surface area (Å²) < 4.78 is 1.34. The molecule has 0 bridgehead atoms. The zero-order valence-electron chi connectivity index (χ0n) is 13.1. The summed E-state index contributed by atoms with van der Waals surface area (Å²) in [7, 11) is 0. The van der Waals surface area contributed by atoms with Crippen molar-refractivity contribution >= 4 is 29.3 Å². The van der Waals surface area contributed by atoms with Crippen LogP contribution in [0.15, 0.2) is 12.4 Å². The first-order valence-corrected chi connectivity index (χ1v) is 7.96. The number of nitrogens with zero attached hydrogens (tertiary/aromatic N) is 2. The molecule has 0 aromatic carbocycles. The summed E-state index contributed by atoms with van der Waals surface area (Å²) in [6.07, 6.45) is 3.01. The monoisotopic (exact) mass is 313 g/mol. The van der Waals surface area contributed by atoms with E-state index in [0.29, 0.717) is 5.69 Å². The smallest absolute Gasteiger partial charge is 0.331 e. The number of rotatable bonds is 7. The maximum Gasteiger partial charge on any atom is 0.331 e. The summed E-state index contributed by atoms with van der Waals surface area (Å²) in [5.74, 6) is 0.0248. The van der Waals surface area contributed by atoms with Crippen molar-refractivity contribution in [3.8, 4) is 0 Å². The topological polar surface area (TPSA) is 84.2 Å². The third-order valence-corrected chi connectivity index (χ3v) is 4.61. The lowest BCUT2D eigenvalue weighted by Gasteiger charge is -2.20. The predicted molar refractivity (Wildman–Crippen MR) is 84.6 cm³/mol. The van der Waals surface area contributed by atoms with E-state index < -0.39 is 11.5 Å². The Labute approximate surface area is 129 Å². The third-order valence-electron chi connectivity index (χ3n) is 3.16. The van der Waals surface area contributed by atoms with Crippen molar-refractivity contribution in [2.75, 3.05) is 11.1 Å². The Morgan fingerprint density at radius 2 is 2.10 bits per heavy atom. The summed E-state index contributed by atoms with van der Waals surface area (Å²) >= 11 is 1.60. The summed E-state index contributed by atoms with van der Waals surface area (Å²) in [6, 6.07) is 0. The summed E-state index contributed by atoms with van der Waals surface area (Å²) in [5, 5.41) is 15.9. The van der Waals surface area contributed by atoms with Crippen molar-refractivity contribution in [3.05, 3.63) is 12.4 Å². The molecule has 1 heterocycles. The van der Waals surface area contributed by atoms with Gasteiger partial charge in [-0.05, 0) is 25.5 Å². The van der Waals surface area contributed by atoms with Crippen LogP contribution in [0.4, 0.5) is 5.69 Å². The van der Waals surface area contributed by atoms with Gasteiger partial charge in [0, 0.05) is 6.20 Å². The van der Waals surface area contributed by atoms with E-state index >= 15 is 0 Å². The predicted octanol–water partition coefficient (Wildman–Crippen LogP) is 2.42. The normalized spacial score (nSPS) is 13.2. The van der Waals surface area contributed by atoms with Gasteiger partial charge in [-0.3, -0.25) is 9.48 Å². The van der Waals surface area contributed by atoms with Gasteiger partial charge in [0.1, 0.15) is 0 Å². The molecule has 0 aliphatic carbocycles. The fourth-order valence-electron chi connectivity index (χ4n) is 1.75. The Kier molecular flexibility index (Phi) is 5.83. The molecule has 7 heteroatoms. The number of aliphatic carboxylic acids is 1. The summed E-state index contributed by atoms with van der Waals surface area (Å²) in [5.41, 5.74) is -0.643. The third kappa shape index (κ3) is 4.23. The van der Waals surface area contributed by atoms with Crippen LogP contribution < -0.4 is 5.32 Å². The number of carbonyl (C=O) groups is 2. The quantitative estimate of drug-likeness (QED) is 0.807. The van der Waals surface area contributed by atoms with Gasteiger partial charge < -0.3 is 10.4 Å². The second-order valence-electron chi connectivity index (χ2n) is 5.65. The first-order chi connectivity index (χ1) is 9.70. The zero-order chi connectivity index (χ0) is 16.2. The number of aromatic nitrogens is 2. The van der Waals surface area contributed by atoms with Gasteiger partial charge in [0.2, 0.25) is 5.91 Å². The van der Waals surface area contributed by atoms with Gasteiger partial charge in [-0.1, -0.05) is 20.8 Å². The van der Waals surface area contributed by atoms with Crippen molar-refractivity contribution < 1.29 is 14.7 Å². The number of carboxylic acids is 1. The number of anilines is 1. The van der Waals surface area contributed by atoms with E-state index in [-0.39, 0.29) is 17.1 Å². The first kappa shape index (κ1) is 17.6. The standard InChI is InChI=1S/C14H23N3O3S/c1-6-21-11(9(2)3)12(18)16-10-7-15-17(8-10)14(4,5)13(19)20/h7-9,11H,6H2,1-5H3,(H,16,18)(H,19,20). The van der Waals surface area contributed by atoms with E-state index in [4.69, 9.17) is 5.11 Å². The summed E-state index contributed by atoms with van der Waals surface area (Å²) in [6.45, 7) is 9.13. The zero-order valence-corrected chi connectivity index (χ0v) is 13.9. The van der Waals surface area contributed by atoms with Gasteiger partial charge in [0.25, 0.3) is 0 Å². The molecule has 1 atom stereocenters. The lowest BCUT2D eigenvalue weighted by Crippen LogP contribution is -2.36. The molecule has 6 nitrogen and oxygen atoms in total. The van der Waals surface area contributed by atoms with Crippen molar-refractivity contribution in [2.24, 2.45) is 5.92 Å². The number of hydrogen-bond donors (Lipinski definition) is 2. The van der Waals surface area contributed by atoms with Crippen LogP contribution in [-0.2, 0) is 15.1 Å². The number of amides is 1. The van der Waals surface area contributed by atoms with E-state index in [9.17, 15) is 9.59 Å². The fraction of sp³-hybridized carbons (Fsp3) is 0.643. The molecule has 1 unspecified atom stereocenters. The van der Waals surface area contributed by atoms with Crippen LogP contribution in [0.1, 0.15) is 34.6 Å². The first-order valence-electron chi connectivity index (χ1n) is 6.91. The lowest BCUT2D eigenvalue weighted by molar-refractivity contribution is -0.146. The van der Waals surface area contributed by atoms with Gasteiger partial charge in [0.05, 0.1) is 17.1 Å². The van der Waals surface area contributed by atoms with Crippen molar-refractivity contribution in [2.45, 2.75) is 45.4 Å².